The first kappa shape index (κ1) is 18.0. The molecule has 4 nitrogen and oxygen atoms in total. The summed E-state index contributed by atoms with van der Waals surface area (Å²) in [4.78, 5) is 17.3. The summed E-state index contributed by atoms with van der Waals surface area (Å²) >= 11 is 0. The second kappa shape index (κ2) is 6.97. The molecule has 1 saturated carbocycles. The van der Waals surface area contributed by atoms with Gasteiger partial charge < -0.3 is 10.0 Å². The van der Waals surface area contributed by atoms with E-state index in [4.69, 9.17) is 0 Å². The van der Waals surface area contributed by atoms with Crippen LogP contribution >= 0.6 is 0 Å². The lowest BCUT2D eigenvalue weighted by atomic mass is 9.73. The van der Waals surface area contributed by atoms with Gasteiger partial charge in [0.15, 0.2) is 0 Å². The highest BCUT2D eigenvalue weighted by molar-refractivity contribution is 5.79. The van der Waals surface area contributed by atoms with Crippen molar-refractivity contribution < 1.29 is 9.90 Å². The number of hydrogen-bond donors (Lipinski definition) is 1. The van der Waals surface area contributed by atoms with Crippen molar-refractivity contribution in [3.05, 3.63) is 34.9 Å². The molecule has 1 aliphatic carbocycles. The van der Waals surface area contributed by atoms with Crippen molar-refractivity contribution in [3.8, 4) is 0 Å². The highest BCUT2D eigenvalue weighted by atomic mass is 16.3. The molecule has 142 valence electrons. The van der Waals surface area contributed by atoms with Crippen molar-refractivity contribution in [2.24, 2.45) is 17.3 Å². The Balaban J connectivity index is 1.46. The van der Waals surface area contributed by atoms with Crippen LogP contribution in [0, 0.1) is 31.1 Å². The van der Waals surface area contributed by atoms with Gasteiger partial charge in [0.25, 0.3) is 0 Å². The fraction of sp³-hybridized carbons (Fsp3) is 0.682. The largest absolute Gasteiger partial charge is 0.396 e. The van der Waals surface area contributed by atoms with Crippen LogP contribution in [0.2, 0.25) is 0 Å². The summed E-state index contributed by atoms with van der Waals surface area (Å²) in [5.41, 5.74) is 3.90. The van der Waals surface area contributed by atoms with Crippen molar-refractivity contribution in [2.75, 3.05) is 32.8 Å². The second-order valence-electron chi connectivity index (χ2n) is 8.99. The number of aryl methyl sites for hydroxylation is 2. The molecule has 26 heavy (non-hydrogen) atoms. The average molecular weight is 357 g/mol. The number of piperidine rings is 1. The monoisotopic (exact) mass is 356 g/mol. The maximum atomic E-state index is 12.7. The van der Waals surface area contributed by atoms with Gasteiger partial charge in [0, 0.05) is 44.1 Å². The molecule has 2 saturated heterocycles. The molecule has 0 aromatic heterocycles. The number of fused-ring (bicyclic) bond motifs is 1. The average Bonchev–Trinajstić information content (AvgIpc) is 2.94. The molecule has 0 spiro atoms. The van der Waals surface area contributed by atoms with Gasteiger partial charge in [-0.3, -0.25) is 9.69 Å². The van der Waals surface area contributed by atoms with Crippen LogP contribution in [0.5, 0.6) is 0 Å². The minimum Gasteiger partial charge on any atom is -0.396 e. The van der Waals surface area contributed by atoms with Crippen molar-refractivity contribution in [3.63, 3.8) is 0 Å². The third-order valence-electron chi connectivity index (χ3n) is 7.12. The minimum absolute atomic E-state index is 0.130. The molecule has 1 N–H and O–H groups in total. The Labute approximate surface area is 157 Å². The topological polar surface area (TPSA) is 43.8 Å². The van der Waals surface area contributed by atoms with E-state index in [1.807, 2.05) is 0 Å². The molecule has 3 aliphatic rings. The minimum atomic E-state index is -0.130. The summed E-state index contributed by atoms with van der Waals surface area (Å²) in [5, 5.41) is 10.3. The highest BCUT2D eigenvalue weighted by Gasteiger charge is 2.50. The van der Waals surface area contributed by atoms with E-state index < -0.39 is 0 Å². The van der Waals surface area contributed by atoms with Gasteiger partial charge in [-0.25, -0.2) is 0 Å². The first-order valence-electron chi connectivity index (χ1n) is 10.2. The van der Waals surface area contributed by atoms with Gasteiger partial charge in [0.2, 0.25) is 5.91 Å². The van der Waals surface area contributed by atoms with E-state index in [9.17, 15) is 9.90 Å². The van der Waals surface area contributed by atoms with Gasteiger partial charge >= 0.3 is 0 Å². The van der Waals surface area contributed by atoms with Crippen molar-refractivity contribution in [1.29, 1.82) is 0 Å². The van der Waals surface area contributed by atoms with E-state index in [-0.39, 0.29) is 17.9 Å². The number of aliphatic hydroxyl groups is 1. The summed E-state index contributed by atoms with van der Waals surface area (Å²) in [6.45, 7) is 9.02. The first-order valence-corrected chi connectivity index (χ1v) is 10.2. The first-order chi connectivity index (χ1) is 12.5. The molecule has 1 aromatic carbocycles. The number of amides is 1. The standard InChI is InChI=1S/C22H32N2O2/c1-16-6-7-17(2)19(10-16)11-23-12-20-8-9-24(14-22(20,13-23)15-25)21(26)18-4-3-5-18/h6-7,10,18,20,25H,3-5,8-9,11-15H2,1-2H3/t20-,22-/m0/s1. The Morgan fingerprint density at radius 3 is 2.73 bits per heavy atom. The van der Waals surface area contributed by atoms with E-state index in [2.05, 4.69) is 41.8 Å². The van der Waals surface area contributed by atoms with Crippen LogP contribution in [0.15, 0.2) is 18.2 Å². The van der Waals surface area contributed by atoms with Crippen LogP contribution in [0.1, 0.15) is 42.4 Å². The number of nitrogens with zero attached hydrogens (tertiary/aromatic N) is 2. The zero-order valence-electron chi connectivity index (χ0n) is 16.2. The lowest BCUT2D eigenvalue weighted by Crippen LogP contribution is -2.54. The van der Waals surface area contributed by atoms with Crippen molar-refractivity contribution in [2.45, 2.75) is 46.1 Å². The highest BCUT2D eigenvalue weighted by Crippen LogP contribution is 2.43. The molecule has 1 amide bonds. The molecule has 4 rings (SSSR count). The number of carbonyl (C=O) groups excluding carboxylic acids is 1. The van der Waals surface area contributed by atoms with E-state index in [0.29, 0.717) is 11.8 Å². The number of likely N-dealkylation sites (tertiary alicyclic amines) is 2. The SMILES string of the molecule is Cc1ccc(C)c(CN2C[C@@H]3CCN(C(=O)C4CCC4)C[C@]3(CO)C2)c1. The number of aliphatic hydroxyl groups excluding tert-OH is 1. The molecule has 4 heteroatoms. The zero-order valence-corrected chi connectivity index (χ0v) is 16.2. The van der Waals surface area contributed by atoms with Gasteiger partial charge in [-0.05, 0) is 50.2 Å². The summed E-state index contributed by atoms with van der Waals surface area (Å²) in [7, 11) is 0. The van der Waals surface area contributed by atoms with Crippen LogP contribution in [0.3, 0.4) is 0 Å². The predicted octanol–water partition coefficient (Wildman–Crippen LogP) is 2.75. The molecular weight excluding hydrogens is 324 g/mol. The zero-order chi connectivity index (χ0) is 18.3. The Morgan fingerprint density at radius 2 is 2.04 bits per heavy atom. The normalized spacial score (nSPS) is 29.5. The van der Waals surface area contributed by atoms with Gasteiger partial charge in [-0.2, -0.15) is 0 Å². The maximum absolute atomic E-state index is 12.7. The molecule has 0 radical (unpaired) electrons. The second-order valence-corrected chi connectivity index (χ2v) is 8.99. The quantitative estimate of drug-likeness (QED) is 0.902. The predicted molar refractivity (Wildman–Crippen MR) is 103 cm³/mol. The number of carbonyl (C=O) groups is 1. The Morgan fingerprint density at radius 1 is 1.23 bits per heavy atom. The van der Waals surface area contributed by atoms with Crippen LogP contribution in [0.25, 0.3) is 0 Å². The van der Waals surface area contributed by atoms with Crippen LogP contribution in [-0.2, 0) is 11.3 Å². The molecule has 0 bridgehead atoms. The Hall–Kier alpha value is -1.39. The summed E-state index contributed by atoms with van der Waals surface area (Å²) < 4.78 is 0. The van der Waals surface area contributed by atoms with Crippen molar-refractivity contribution in [1.82, 2.24) is 9.80 Å². The van der Waals surface area contributed by atoms with Gasteiger partial charge in [-0.15, -0.1) is 0 Å². The van der Waals surface area contributed by atoms with E-state index in [1.54, 1.807) is 0 Å². The van der Waals surface area contributed by atoms with Gasteiger partial charge in [0.1, 0.15) is 0 Å². The van der Waals surface area contributed by atoms with Crippen LogP contribution < -0.4 is 0 Å². The summed E-state index contributed by atoms with van der Waals surface area (Å²) in [6, 6.07) is 6.66. The third-order valence-corrected chi connectivity index (χ3v) is 7.12. The summed E-state index contributed by atoms with van der Waals surface area (Å²) in [5.74, 6) is 1.10. The molecule has 2 aliphatic heterocycles. The molecule has 1 aromatic rings. The van der Waals surface area contributed by atoms with Crippen LogP contribution in [0.4, 0.5) is 0 Å². The van der Waals surface area contributed by atoms with Crippen LogP contribution in [-0.4, -0.2) is 53.6 Å². The maximum Gasteiger partial charge on any atom is 0.225 e. The number of rotatable bonds is 4. The van der Waals surface area contributed by atoms with E-state index in [0.717, 1.165) is 52.0 Å². The molecular formula is C22H32N2O2. The number of hydrogen-bond acceptors (Lipinski definition) is 3. The Bertz CT molecular complexity index is 685. The number of benzene rings is 1. The molecule has 0 unspecified atom stereocenters. The van der Waals surface area contributed by atoms with E-state index in [1.165, 1.54) is 23.1 Å². The molecule has 3 fully saturated rings. The molecule has 2 heterocycles. The lowest BCUT2D eigenvalue weighted by Gasteiger charge is -2.45. The lowest BCUT2D eigenvalue weighted by molar-refractivity contribution is -0.143. The fourth-order valence-corrected chi connectivity index (χ4v) is 5.15. The van der Waals surface area contributed by atoms with Crippen molar-refractivity contribution >= 4 is 5.91 Å². The van der Waals surface area contributed by atoms with E-state index >= 15 is 0 Å². The van der Waals surface area contributed by atoms with Gasteiger partial charge in [-0.1, -0.05) is 30.2 Å². The Kier molecular flexibility index (Phi) is 4.83. The third kappa shape index (κ3) is 3.18. The summed E-state index contributed by atoms with van der Waals surface area (Å²) in [6.07, 6.45) is 4.34. The van der Waals surface area contributed by atoms with Gasteiger partial charge in [0.05, 0.1) is 6.61 Å². The smallest absolute Gasteiger partial charge is 0.225 e. The fourth-order valence-electron chi connectivity index (χ4n) is 5.15. The molecule has 2 atom stereocenters.